The second kappa shape index (κ2) is 3.06. The van der Waals surface area contributed by atoms with E-state index in [1.165, 1.54) is 13.1 Å². The standard InChI is InChI=1S/C10H8N2O2/c1-6(14)9-4-12-10-8(9)2-7(5-13)3-11-10/h2-5H,1H3,(H,11,12). The molecule has 2 heterocycles. The first kappa shape index (κ1) is 8.62. The molecule has 0 aromatic carbocycles. The summed E-state index contributed by atoms with van der Waals surface area (Å²) < 4.78 is 0. The molecule has 1 N–H and O–H groups in total. The van der Waals surface area contributed by atoms with E-state index in [1.807, 2.05) is 0 Å². The third-order valence-corrected chi connectivity index (χ3v) is 2.07. The van der Waals surface area contributed by atoms with Gasteiger partial charge in [0, 0.05) is 28.9 Å². The molecular formula is C10H8N2O2. The van der Waals surface area contributed by atoms with Crippen LogP contribution in [-0.4, -0.2) is 22.0 Å². The maximum Gasteiger partial charge on any atom is 0.162 e. The minimum atomic E-state index is -0.0406. The van der Waals surface area contributed by atoms with Crippen molar-refractivity contribution in [2.24, 2.45) is 0 Å². The van der Waals surface area contributed by atoms with E-state index in [1.54, 1.807) is 12.3 Å². The van der Waals surface area contributed by atoms with Gasteiger partial charge in [-0.1, -0.05) is 0 Å². The number of rotatable bonds is 2. The van der Waals surface area contributed by atoms with Crippen LogP contribution in [0.15, 0.2) is 18.5 Å². The second-order valence-electron chi connectivity index (χ2n) is 3.04. The maximum absolute atomic E-state index is 11.2. The van der Waals surface area contributed by atoms with Crippen LogP contribution in [0.3, 0.4) is 0 Å². The summed E-state index contributed by atoms with van der Waals surface area (Å²) in [5.74, 6) is -0.0406. The van der Waals surface area contributed by atoms with E-state index in [0.717, 1.165) is 0 Å². The normalized spacial score (nSPS) is 10.4. The summed E-state index contributed by atoms with van der Waals surface area (Å²) >= 11 is 0. The van der Waals surface area contributed by atoms with E-state index in [0.29, 0.717) is 28.4 Å². The average molecular weight is 188 g/mol. The zero-order valence-corrected chi connectivity index (χ0v) is 7.57. The molecule has 0 saturated heterocycles. The van der Waals surface area contributed by atoms with Crippen molar-refractivity contribution < 1.29 is 9.59 Å². The first-order valence-corrected chi connectivity index (χ1v) is 4.15. The number of aromatic nitrogens is 2. The number of aromatic amines is 1. The molecule has 2 aromatic rings. The fourth-order valence-electron chi connectivity index (χ4n) is 1.38. The number of ketones is 1. The molecule has 0 unspecified atom stereocenters. The van der Waals surface area contributed by atoms with Crippen LogP contribution in [0.1, 0.15) is 27.6 Å². The molecule has 0 aliphatic heterocycles. The minimum Gasteiger partial charge on any atom is -0.345 e. The number of carbonyl (C=O) groups is 2. The number of fused-ring (bicyclic) bond motifs is 1. The summed E-state index contributed by atoms with van der Waals surface area (Å²) in [6.07, 6.45) is 3.79. The molecule has 4 nitrogen and oxygen atoms in total. The van der Waals surface area contributed by atoms with Gasteiger partial charge in [-0.05, 0) is 13.0 Å². The lowest BCUT2D eigenvalue weighted by Gasteiger charge is -1.93. The van der Waals surface area contributed by atoms with Gasteiger partial charge in [0.2, 0.25) is 0 Å². The lowest BCUT2D eigenvalue weighted by molar-refractivity contribution is 0.101. The number of H-pyrrole nitrogens is 1. The lowest BCUT2D eigenvalue weighted by atomic mass is 10.1. The molecule has 0 spiro atoms. The van der Waals surface area contributed by atoms with Crippen molar-refractivity contribution >= 4 is 23.1 Å². The molecule has 0 saturated carbocycles. The van der Waals surface area contributed by atoms with Gasteiger partial charge in [0.25, 0.3) is 0 Å². The Labute approximate surface area is 80.0 Å². The third-order valence-electron chi connectivity index (χ3n) is 2.07. The molecule has 0 radical (unpaired) electrons. The highest BCUT2D eigenvalue weighted by Crippen LogP contribution is 2.17. The number of hydrogen-bond acceptors (Lipinski definition) is 3. The number of nitrogens with zero attached hydrogens (tertiary/aromatic N) is 1. The number of nitrogens with one attached hydrogen (secondary N) is 1. The fraction of sp³-hybridized carbons (Fsp3) is 0.100. The van der Waals surface area contributed by atoms with Gasteiger partial charge in [0.1, 0.15) is 5.65 Å². The van der Waals surface area contributed by atoms with Crippen LogP contribution >= 0.6 is 0 Å². The van der Waals surface area contributed by atoms with Gasteiger partial charge in [-0.3, -0.25) is 9.59 Å². The van der Waals surface area contributed by atoms with Crippen molar-refractivity contribution in [3.05, 3.63) is 29.6 Å². The smallest absolute Gasteiger partial charge is 0.162 e. The first-order valence-electron chi connectivity index (χ1n) is 4.15. The molecule has 0 aliphatic rings. The molecule has 0 bridgehead atoms. The summed E-state index contributed by atoms with van der Waals surface area (Å²) in [4.78, 5) is 28.6. The van der Waals surface area contributed by atoms with E-state index >= 15 is 0 Å². The highest BCUT2D eigenvalue weighted by molar-refractivity contribution is 6.06. The Kier molecular flexibility index (Phi) is 1.89. The summed E-state index contributed by atoms with van der Waals surface area (Å²) in [6.45, 7) is 1.48. The van der Waals surface area contributed by atoms with Gasteiger partial charge in [-0.2, -0.15) is 0 Å². The van der Waals surface area contributed by atoms with E-state index in [9.17, 15) is 9.59 Å². The van der Waals surface area contributed by atoms with Crippen LogP contribution in [-0.2, 0) is 0 Å². The Balaban J connectivity index is 2.75. The van der Waals surface area contributed by atoms with Crippen molar-refractivity contribution in [1.82, 2.24) is 9.97 Å². The van der Waals surface area contributed by atoms with E-state index in [2.05, 4.69) is 9.97 Å². The highest BCUT2D eigenvalue weighted by atomic mass is 16.1. The molecular weight excluding hydrogens is 180 g/mol. The van der Waals surface area contributed by atoms with E-state index < -0.39 is 0 Å². The molecule has 70 valence electrons. The Bertz CT molecular complexity index is 514. The van der Waals surface area contributed by atoms with Crippen molar-refractivity contribution in [3.8, 4) is 0 Å². The average Bonchev–Trinajstić information content (AvgIpc) is 2.59. The summed E-state index contributed by atoms with van der Waals surface area (Å²) in [5, 5.41) is 0.696. The van der Waals surface area contributed by atoms with Crippen molar-refractivity contribution in [2.75, 3.05) is 0 Å². The van der Waals surface area contributed by atoms with Crippen LogP contribution in [0.2, 0.25) is 0 Å². The molecule has 2 aromatic heterocycles. The van der Waals surface area contributed by atoms with Crippen molar-refractivity contribution in [3.63, 3.8) is 0 Å². The molecule has 0 aliphatic carbocycles. The topological polar surface area (TPSA) is 62.8 Å². The molecule has 4 heteroatoms. The number of pyridine rings is 1. The van der Waals surface area contributed by atoms with E-state index in [4.69, 9.17) is 0 Å². The first-order chi connectivity index (χ1) is 6.72. The summed E-state index contributed by atoms with van der Waals surface area (Å²) in [7, 11) is 0. The molecule has 14 heavy (non-hydrogen) atoms. The van der Waals surface area contributed by atoms with Gasteiger partial charge in [-0.25, -0.2) is 4.98 Å². The molecule has 0 fully saturated rings. The lowest BCUT2D eigenvalue weighted by Crippen LogP contribution is -1.90. The molecule has 2 rings (SSSR count). The Hall–Kier alpha value is -1.97. The van der Waals surface area contributed by atoms with Crippen LogP contribution in [0.5, 0.6) is 0 Å². The monoisotopic (exact) mass is 188 g/mol. The highest BCUT2D eigenvalue weighted by Gasteiger charge is 2.08. The van der Waals surface area contributed by atoms with Crippen molar-refractivity contribution in [1.29, 1.82) is 0 Å². The van der Waals surface area contributed by atoms with Gasteiger partial charge in [0.15, 0.2) is 12.1 Å². The molecule has 0 amide bonds. The fourth-order valence-corrected chi connectivity index (χ4v) is 1.38. The zero-order chi connectivity index (χ0) is 10.1. The summed E-state index contributed by atoms with van der Waals surface area (Å²) in [5.41, 5.74) is 1.66. The predicted molar refractivity (Wildman–Crippen MR) is 51.5 cm³/mol. The quantitative estimate of drug-likeness (QED) is 0.574. The second-order valence-corrected chi connectivity index (χ2v) is 3.04. The largest absolute Gasteiger partial charge is 0.345 e. The van der Waals surface area contributed by atoms with Crippen LogP contribution < -0.4 is 0 Å². The number of carbonyl (C=O) groups excluding carboxylic acids is 2. The Morgan fingerprint density at radius 3 is 3.00 bits per heavy atom. The van der Waals surface area contributed by atoms with Crippen LogP contribution in [0.25, 0.3) is 11.0 Å². The third kappa shape index (κ3) is 1.21. The maximum atomic E-state index is 11.2. The Morgan fingerprint density at radius 1 is 1.57 bits per heavy atom. The van der Waals surface area contributed by atoms with E-state index in [-0.39, 0.29) is 5.78 Å². The van der Waals surface area contributed by atoms with Gasteiger partial charge in [0.05, 0.1) is 0 Å². The number of aldehydes is 1. The van der Waals surface area contributed by atoms with Crippen LogP contribution in [0.4, 0.5) is 0 Å². The SMILES string of the molecule is CC(=O)c1c[nH]c2ncc(C=O)cc12. The predicted octanol–water partition coefficient (Wildman–Crippen LogP) is 1.58. The number of hydrogen-bond donors (Lipinski definition) is 1. The van der Waals surface area contributed by atoms with Gasteiger partial charge in [-0.15, -0.1) is 0 Å². The summed E-state index contributed by atoms with van der Waals surface area (Å²) in [6, 6.07) is 1.66. The minimum absolute atomic E-state index is 0.0406. The Morgan fingerprint density at radius 2 is 2.36 bits per heavy atom. The van der Waals surface area contributed by atoms with Gasteiger partial charge >= 0.3 is 0 Å². The zero-order valence-electron chi connectivity index (χ0n) is 7.57. The van der Waals surface area contributed by atoms with Gasteiger partial charge < -0.3 is 4.98 Å². The van der Waals surface area contributed by atoms with Crippen LogP contribution in [0, 0.1) is 0 Å². The number of Topliss-reactive ketones (excluding diaryl/α,β-unsaturated/α-hetero) is 1. The molecule has 0 atom stereocenters. The van der Waals surface area contributed by atoms with Crippen molar-refractivity contribution in [2.45, 2.75) is 6.92 Å².